The number of aliphatic hydroxyl groups excluding tert-OH is 1. The normalized spacial score (nSPS) is 20.8. The van der Waals surface area contributed by atoms with Crippen molar-refractivity contribution in [3.05, 3.63) is 12.7 Å². The van der Waals surface area contributed by atoms with Crippen molar-refractivity contribution >= 4 is 35.7 Å². The molecule has 0 amide bonds. The van der Waals surface area contributed by atoms with Gasteiger partial charge in [-0.2, -0.15) is 10.2 Å². The summed E-state index contributed by atoms with van der Waals surface area (Å²) in [7, 11) is 0. The average molecular weight is 516 g/mol. The number of allylic oxidation sites excluding steroid dienone is 1. The minimum absolute atomic E-state index is 0.194. The topological polar surface area (TPSA) is 46.0 Å². The van der Waals surface area contributed by atoms with Crippen LogP contribution in [-0.4, -0.2) is 57.3 Å². The van der Waals surface area contributed by atoms with Crippen LogP contribution < -0.4 is 0 Å². The highest BCUT2D eigenvalue weighted by molar-refractivity contribution is 8.01. The lowest BCUT2D eigenvalue weighted by Gasteiger charge is -2.39. The molecule has 0 radical (unpaired) electrons. The van der Waals surface area contributed by atoms with Crippen LogP contribution >= 0.6 is 23.1 Å². The van der Waals surface area contributed by atoms with E-state index in [2.05, 4.69) is 44.5 Å². The molecule has 1 aliphatic carbocycles. The predicted octanol–water partition coefficient (Wildman–Crippen LogP) is 7.26. The van der Waals surface area contributed by atoms with Crippen LogP contribution in [0.4, 0.5) is 0 Å². The summed E-state index contributed by atoms with van der Waals surface area (Å²) in [4.78, 5) is 0. The molecule has 33 heavy (non-hydrogen) atoms. The van der Waals surface area contributed by atoms with Crippen LogP contribution in [0.25, 0.3) is 0 Å². The minimum Gasteiger partial charge on any atom is -0.406 e. The number of quaternary nitrogens is 1. The van der Waals surface area contributed by atoms with Crippen molar-refractivity contribution in [2.24, 2.45) is 5.92 Å². The summed E-state index contributed by atoms with van der Waals surface area (Å²) in [5.74, 6) is 0.511. The number of nitrogens with zero attached hydrogens (tertiary/aromatic N) is 3. The Kier molecular flexibility index (Phi) is 16.9. The highest BCUT2D eigenvalue weighted by Crippen LogP contribution is 2.37. The van der Waals surface area contributed by atoms with E-state index in [9.17, 15) is 5.11 Å². The van der Waals surface area contributed by atoms with E-state index in [1.54, 1.807) is 11.8 Å². The van der Waals surface area contributed by atoms with Gasteiger partial charge in [-0.3, -0.25) is 0 Å². The van der Waals surface area contributed by atoms with Gasteiger partial charge in [0.2, 0.25) is 0 Å². The van der Waals surface area contributed by atoms with E-state index in [0.29, 0.717) is 10.3 Å². The second-order valence-corrected chi connectivity index (χ2v) is 12.6. The molecule has 0 spiro atoms. The van der Waals surface area contributed by atoms with Gasteiger partial charge in [-0.1, -0.05) is 59.5 Å². The van der Waals surface area contributed by atoms with Crippen LogP contribution in [0.2, 0.25) is 0 Å². The molecule has 7 heteroatoms. The first-order valence-electron chi connectivity index (χ1n) is 13.3. The molecule has 192 valence electrons. The van der Waals surface area contributed by atoms with Crippen molar-refractivity contribution in [2.75, 3.05) is 26.2 Å². The third-order valence-corrected chi connectivity index (χ3v) is 9.19. The van der Waals surface area contributed by atoms with E-state index in [-0.39, 0.29) is 11.4 Å². The molecule has 2 rings (SSSR count). The van der Waals surface area contributed by atoms with Gasteiger partial charge in [0.05, 0.1) is 36.6 Å². The monoisotopic (exact) mass is 515 g/mol. The average Bonchev–Trinajstić information content (AvgIpc) is 3.24. The first-order chi connectivity index (χ1) is 15.9. The summed E-state index contributed by atoms with van der Waals surface area (Å²) in [6.07, 6.45) is 15.6. The Morgan fingerprint density at radius 1 is 0.970 bits per heavy atom. The van der Waals surface area contributed by atoms with Gasteiger partial charge in [-0.05, 0) is 55.2 Å². The lowest BCUT2D eigenvalue weighted by atomic mass is 9.87. The largest absolute Gasteiger partial charge is 0.406 e. The van der Waals surface area contributed by atoms with Crippen LogP contribution in [0.3, 0.4) is 0 Å². The molecule has 1 N–H and O–H groups in total. The number of thioether (sulfide) groups is 1. The molecule has 0 aliphatic heterocycles. The van der Waals surface area contributed by atoms with Gasteiger partial charge >= 0.3 is 0 Å². The number of rotatable bonds is 15. The van der Waals surface area contributed by atoms with Crippen molar-refractivity contribution in [3.63, 3.8) is 0 Å². The third-order valence-electron chi connectivity index (χ3n) is 6.71. The van der Waals surface area contributed by atoms with Gasteiger partial charge in [-0.15, -0.1) is 18.3 Å². The third kappa shape index (κ3) is 12.4. The second-order valence-electron chi connectivity index (χ2n) is 9.52. The van der Waals surface area contributed by atoms with Crippen molar-refractivity contribution < 1.29 is 9.59 Å². The van der Waals surface area contributed by atoms with Crippen molar-refractivity contribution in [1.82, 2.24) is 10.2 Å². The molecule has 3 atom stereocenters. The molecule has 1 saturated carbocycles. The number of hydrogen-bond donors (Lipinski definition) is 1. The standard InChI is InChI=1S/C16H36N.C10H14N2OS3/c1-5-9-13-17(14-10-6-2,15-11-7-3)16-12-8-4;1-2-6-3-4-7(13)8(5-6)15-10-12-11-9(14)16-10/h5-16H2,1-4H3;2,6-8,13H,1,3-5H2,(H,11,14)/q+1;/p-1. The van der Waals surface area contributed by atoms with E-state index >= 15 is 0 Å². The van der Waals surface area contributed by atoms with Crippen LogP contribution in [0, 0.1) is 5.92 Å². The molecule has 1 aromatic rings. The molecule has 0 bridgehead atoms. The van der Waals surface area contributed by atoms with Crippen molar-refractivity contribution in [2.45, 2.75) is 118 Å². The van der Waals surface area contributed by atoms with Crippen molar-refractivity contribution in [3.8, 4) is 0 Å². The molecule has 0 aromatic carbocycles. The zero-order valence-corrected chi connectivity index (χ0v) is 24.1. The predicted molar refractivity (Wildman–Crippen MR) is 148 cm³/mol. The van der Waals surface area contributed by atoms with E-state index in [1.807, 2.05) is 6.08 Å². The maximum absolute atomic E-state index is 9.93. The molecular weight excluding hydrogens is 467 g/mol. The lowest BCUT2D eigenvalue weighted by molar-refractivity contribution is -0.929. The first kappa shape index (κ1) is 30.8. The van der Waals surface area contributed by atoms with E-state index in [4.69, 9.17) is 12.6 Å². The van der Waals surface area contributed by atoms with Gasteiger partial charge in [0, 0.05) is 5.25 Å². The summed E-state index contributed by atoms with van der Waals surface area (Å²) in [5, 5.41) is 17.9. The fourth-order valence-corrected chi connectivity index (χ4v) is 7.04. The molecule has 0 saturated heterocycles. The Labute approximate surface area is 218 Å². The SMILES string of the molecule is C=CC1CCC(O)C(Sc2nnc([S-])s2)C1.CCCC[N+](CCCC)(CCCC)CCCC. The highest BCUT2D eigenvalue weighted by atomic mass is 32.2. The molecule has 4 nitrogen and oxygen atoms in total. The zero-order chi connectivity index (χ0) is 24.5. The molecule has 1 fully saturated rings. The number of hydrogen-bond acceptors (Lipinski definition) is 6. The minimum atomic E-state index is -0.251. The molecule has 1 aromatic heterocycles. The number of aliphatic hydroxyl groups is 1. The van der Waals surface area contributed by atoms with E-state index in [1.165, 1.54) is 93.4 Å². The van der Waals surface area contributed by atoms with Gasteiger partial charge in [0.15, 0.2) is 0 Å². The number of unbranched alkanes of at least 4 members (excludes halogenated alkanes) is 4. The Hall–Kier alpha value is -0.210. The Bertz CT molecular complexity index is 588. The maximum Gasteiger partial charge on any atom is 0.0809 e. The summed E-state index contributed by atoms with van der Waals surface area (Å²) >= 11 is 7.93. The van der Waals surface area contributed by atoms with Crippen LogP contribution in [-0.2, 0) is 12.6 Å². The van der Waals surface area contributed by atoms with Crippen molar-refractivity contribution in [1.29, 1.82) is 0 Å². The highest BCUT2D eigenvalue weighted by Gasteiger charge is 2.28. The summed E-state index contributed by atoms with van der Waals surface area (Å²) in [6, 6.07) is 0. The Morgan fingerprint density at radius 2 is 1.48 bits per heavy atom. The van der Waals surface area contributed by atoms with Gasteiger partial charge in [0.1, 0.15) is 0 Å². The smallest absolute Gasteiger partial charge is 0.0809 e. The van der Waals surface area contributed by atoms with Gasteiger partial charge in [0.25, 0.3) is 0 Å². The molecule has 1 heterocycles. The van der Waals surface area contributed by atoms with Crippen LogP contribution in [0.5, 0.6) is 0 Å². The van der Waals surface area contributed by atoms with Crippen LogP contribution in [0.1, 0.15) is 98.3 Å². The first-order valence-corrected chi connectivity index (χ1v) is 15.4. The number of aromatic nitrogens is 2. The van der Waals surface area contributed by atoms with E-state index in [0.717, 1.165) is 23.6 Å². The molecule has 1 aliphatic rings. The second kappa shape index (κ2) is 18.1. The lowest BCUT2D eigenvalue weighted by Crippen LogP contribution is -2.50. The zero-order valence-electron chi connectivity index (χ0n) is 21.6. The maximum atomic E-state index is 9.93. The summed E-state index contributed by atoms with van der Waals surface area (Å²) in [6.45, 7) is 18.8. The molecule has 3 unspecified atom stereocenters. The fraction of sp³-hybridized carbons (Fsp3) is 0.846. The Morgan fingerprint density at radius 3 is 1.88 bits per heavy atom. The van der Waals surface area contributed by atoms with Gasteiger partial charge < -0.3 is 33.6 Å². The quantitative estimate of drug-likeness (QED) is 0.151. The van der Waals surface area contributed by atoms with Crippen LogP contribution in [0.15, 0.2) is 21.3 Å². The molecular formula is C26H49N3OS3. The Balaban J connectivity index is 0.000000330. The summed E-state index contributed by atoms with van der Waals surface area (Å²) in [5.41, 5.74) is 0. The van der Waals surface area contributed by atoms with E-state index < -0.39 is 0 Å². The van der Waals surface area contributed by atoms with Gasteiger partial charge in [-0.25, -0.2) is 0 Å². The summed E-state index contributed by atoms with van der Waals surface area (Å²) < 4.78 is 2.84. The fourth-order valence-electron chi connectivity index (χ4n) is 4.50.